The molecule has 20 heavy (non-hydrogen) atoms. The molecule has 0 aromatic heterocycles. The quantitative estimate of drug-likeness (QED) is 0.335. The lowest BCUT2D eigenvalue weighted by Gasteiger charge is -2.20. The number of carbonyl (C=O) groups is 2. The molecular formula is C12H22N2O6. The summed E-state index contributed by atoms with van der Waals surface area (Å²) in [7, 11) is 0. The minimum Gasteiger partial charge on any atom is -0.481 e. The smallest absolute Gasteiger partial charge is 0.303 e. The molecule has 0 saturated heterocycles. The van der Waals surface area contributed by atoms with Gasteiger partial charge in [0.15, 0.2) is 0 Å². The number of amides is 1. The van der Waals surface area contributed by atoms with Crippen LogP contribution in [0.15, 0.2) is 0 Å². The molecule has 2 N–H and O–H groups in total. The van der Waals surface area contributed by atoms with Crippen molar-refractivity contribution in [3.63, 3.8) is 0 Å². The van der Waals surface area contributed by atoms with Crippen LogP contribution in [0.2, 0.25) is 0 Å². The molecule has 0 aromatic carbocycles. The van der Waals surface area contributed by atoms with E-state index in [1.807, 2.05) is 13.8 Å². The van der Waals surface area contributed by atoms with Gasteiger partial charge in [-0.05, 0) is 24.7 Å². The average molecular weight is 290 g/mol. The van der Waals surface area contributed by atoms with E-state index in [1.165, 1.54) is 0 Å². The molecule has 0 rings (SSSR count). The highest BCUT2D eigenvalue weighted by molar-refractivity contribution is 5.75. The molecule has 1 unspecified atom stereocenters. The zero-order valence-electron chi connectivity index (χ0n) is 11.8. The van der Waals surface area contributed by atoms with Gasteiger partial charge in [-0.15, -0.1) is 10.1 Å². The summed E-state index contributed by atoms with van der Waals surface area (Å²) >= 11 is 0. The molecule has 0 aromatic rings. The molecule has 0 aliphatic carbocycles. The fourth-order valence-corrected chi connectivity index (χ4v) is 1.69. The normalized spacial score (nSPS) is 11.9. The van der Waals surface area contributed by atoms with E-state index in [2.05, 4.69) is 10.2 Å². The number of rotatable bonds is 11. The minimum atomic E-state index is -0.890. The van der Waals surface area contributed by atoms with Crippen molar-refractivity contribution in [3.05, 3.63) is 10.1 Å². The van der Waals surface area contributed by atoms with Crippen molar-refractivity contribution >= 4 is 11.9 Å². The molecule has 0 fully saturated rings. The Kier molecular flexibility index (Phi) is 9.06. The zero-order valence-corrected chi connectivity index (χ0v) is 11.8. The molecule has 0 aliphatic rings. The number of carboxylic acids is 1. The minimum absolute atomic E-state index is 0.0788. The number of carboxylic acid groups (broad SMARTS) is 1. The summed E-state index contributed by atoms with van der Waals surface area (Å²) in [5, 5.41) is 20.4. The maximum atomic E-state index is 11.5. The van der Waals surface area contributed by atoms with Gasteiger partial charge in [-0.3, -0.25) is 9.59 Å². The number of hydrogen-bond acceptors (Lipinski definition) is 5. The van der Waals surface area contributed by atoms with Crippen LogP contribution in [-0.2, 0) is 14.4 Å². The highest BCUT2D eigenvalue weighted by atomic mass is 16.9. The first kappa shape index (κ1) is 18.1. The van der Waals surface area contributed by atoms with Crippen LogP contribution in [0.3, 0.4) is 0 Å². The monoisotopic (exact) mass is 290 g/mol. The number of nitrogens with zero attached hydrogens (tertiary/aromatic N) is 1. The summed E-state index contributed by atoms with van der Waals surface area (Å²) < 4.78 is 0. The Bertz CT molecular complexity index is 332. The van der Waals surface area contributed by atoms with Crippen LogP contribution in [0.1, 0.15) is 39.5 Å². The van der Waals surface area contributed by atoms with Gasteiger partial charge in [0.25, 0.3) is 5.09 Å². The van der Waals surface area contributed by atoms with Gasteiger partial charge in [0.05, 0.1) is 6.61 Å². The first-order chi connectivity index (χ1) is 9.32. The summed E-state index contributed by atoms with van der Waals surface area (Å²) in [5.41, 5.74) is 0. The maximum Gasteiger partial charge on any atom is 0.303 e. The fourth-order valence-electron chi connectivity index (χ4n) is 1.69. The largest absolute Gasteiger partial charge is 0.481 e. The van der Waals surface area contributed by atoms with Crippen molar-refractivity contribution in [1.82, 2.24) is 5.32 Å². The number of carbonyl (C=O) groups excluding carboxylic acids is 1. The third-order valence-electron chi connectivity index (χ3n) is 2.98. The summed E-state index contributed by atoms with van der Waals surface area (Å²) in [6.07, 6.45) is 1.01. The van der Waals surface area contributed by atoms with E-state index in [-0.39, 0.29) is 43.6 Å². The lowest BCUT2D eigenvalue weighted by molar-refractivity contribution is -0.757. The van der Waals surface area contributed by atoms with E-state index < -0.39 is 11.1 Å². The van der Waals surface area contributed by atoms with Gasteiger partial charge in [0.2, 0.25) is 5.91 Å². The third-order valence-corrected chi connectivity index (χ3v) is 2.98. The molecule has 0 radical (unpaired) electrons. The van der Waals surface area contributed by atoms with Crippen molar-refractivity contribution in [2.45, 2.75) is 39.5 Å². The molecule has 116 valence electrons. The summed E-state index contributed by atoms with van der Waals surface area (Å²) in [6, 6.07) is 0. The third kappa shape index (κ3) is 10.1. The van der Waals surface area contributed by atoms with Gasteiger partial charge in [0.1, 0.15) is 0 Å². The number of hydrogen-bond donors (Lipinski definition) is 2. The van der Waals surface area contributed by atoms with Gasteiger partial charge in [-0.2, -0.15) is 0 Å². The van der Waals surface area contributed by atoms with Gasteiger partial charge in [0, 0.05) is 19.4 Å². The molecule has 0 aliphatic heterocycles. The molecule has 0 saturated carbocycles. The second-order valence-electron chi connectivity index (χ2n) is 4.90. The summed E-state index contributed by atoms with van der Waals surface area (Å²) in [4.78, 5) is 36.0. The van der Waals surface area contributed by atoms with E-state index in [0.29, 0.717) is 13.0 Å². The van der Waals surface area contributed by atoms with Crippen LogP contribution < -0.4 is 5.32 Å². The fraction of sp³-hybridized carbons (Fsp3) is 0.833. The van der Waals surface area contributed by atoms with Crippen LogP contribution in [0, 0.1) is 22.0 Å². The van der Waals surface area contributed by atoms with E-state index in [9.17, 15) is 19.7 Å². The lowest BCUT2D eigenvalue weighted by atomic mass is 9.91. The lowest BCUT2D eigenvalue weighted by Crippen LogP contribution is -2.31. The Morgan fingerprint density at radius 3 is 2.50 bits per heavy atom. The zero-order chi connectivity index (χ0) is 15.5. The molecule has 0 heterocycles. The Morgan fingerprint density at radius 2 is 2.00 bits per heavy atom. The van der Waals surface area contributed by atoms with E-state index >= 15 is 0 Å². The number of nitrogens with one attached hydrogen (secondary N) is 1. The van der Waals surface area contributed by atoms with E-state index in [1.54, 1.807) is 0 Å². The standard InChI is InChI=1S/C12H22N2O6/c1-9(2)10(5-6-12(16)17)8-13-11(15)4-3-7-20-14(18)19/h9-10H,3-8H2,1-2H3,(H,13,15)(H,16,17). The van der Waals surface area contributed by atoms with Crippen LogP contribution >= 0.6 is 0 Å². The average Bonchev–Trinajstić information content (AvgIpc) is 2.33. The predicted octanol–water partition coefficient (Wildman–Crippen LogP) is 1.23. The Hall–Kier alpha value is -1.86. The topological polar surface area (TPSA) is 119 Å². The highest BCUT2D eigenvalue weighted by Crippen LogP contribution is 2.16. The SMILES string of the molecule is CC(C)C(CCC(=O)O)CNC(=O)CCCO[N+](=O)[O-]. The van der Waals surface area contributed by atoms with Crippen LogP contribution in [0.4, 0.5) is 0 Å². The summed E-state index contributed by atoms with van der Waals surface area (Å²) in [6.45, 7) is 4.26. The van der Waals surface area contributed by atoms with Crippen LogP contribution in [0.5, 0.6) is 0 Å². The van der Waals surface area contributed by atoms with Gasteiger partial charge in [-0.25, -0.2) is 0 Å². The van der Waals surface area contributed by atoms with Crippen LogP contribution in [-0.4, -0.2) is 35.2 Å². The first-order valence-electron chi connectivity index (χ1n) is 6.58. The molecule has 0 bridgehead atoms. The Balaban J connectivity index is 3.87. The first-order valence-corrected chi connectivity index (χ1v) is 6.58. The maximum absolute atomic E-state index is 11.5. The Labute approximate surface area is 117 Å². The van der Waals surface area contributed by atoms with Crippen LogP contribution in [0.25, 0.3) is 0 Å². The van der Waals surface area contributed by atoms with E-state index in [4.69, 9.17) is 5.11 Å². The van der Waals surface area contributed by atoms with Crippen molar-refractivity contribution in [3.8, 4) is 0 Å². The predicted molar refractivity (Wildman–Crippen MR) is 70.4 cm³/mol. The summed E-state index contributed by atoms with van der Waals surface area (Å²) in [5.74, 6) is -0.686. The molecule has 0 spiro atoms. The van der Waals surface area contributed by atoms with Gasteiger partial charge < -0.3 is 15.3 Å². The van der Waals surface area contributed by atoms with Crippen molar-refractivity contribution in [2.75, 3.05) is 13.2 Å². The number of aliphatic carboxylic acids is 1. The van der Waals surface area contributed by atoms with Gasteiger partial charge in [-0.1, -0.05) is 13.8 Å². The second kappa shape index (κ2) is 9.99. The van der Waals surface area contributed by atoms with E-state index in [0.717, 1.165) is 0 Å². The second-order valence-corrected chi connectivity index (χ2v) is 4.90. The molecule has 8 heteroatoms. The Morgan fingerprint density at radius 1 is 1.35 bits per heavy atom. The highest BCUT2D eigenvalue weighted by Gasteiger charge is 2.16. The van der Waals surface area contributed by atoms with Crippen molar-refractivity contribution in [1.29, 1.82) is 0 Å². The molecule has 1 amide bonds. The van der Waals surface area contributed by atoms with Crippen molar-refractivity contribution in [2.24, 2.45) is 11.8 Å². The molecular weight excluding hydrogens is 268 g/mol. The van der Waals surface area contributed by atoms with Gasteiger partial charge >= 0.3 is 5.97 Å². The molecule has 8 nitrogen and oxygen atoms in total. The molecule has 1 atom stereocenters. The van der Waals surface area contributed by atoms with Crippen molar-refractivity contribution < 1.29 is 24.6 Å².